The van der Waals surface area contributed by atoms with Gasteiger partial charge in [0.15, 0.2) is 17.3 Å². The van der Waals surface area contributed by atoms with Gasteiger partial charge in [-0.3, -0.25) is 4.79 Å². The zero-order valence-corrected chi connectivity index (χ0v) is 17.2. The van der Waals surface area contributed by atoms with Crippen LogP contribution in [-0.4, -0.2) is 61.1 Å². The summed E-state index contributed by atoms with van der Waals surface area (Å²) in [5.41, 5.74) is 2.29. The Hall–Kier alpha value is -3.81. The quantitative estimate of drug-likeness (QED) is 0.645. The monoisotopic (exact) mass is 418 g/mol. The molecule has 31 heavy (non-hydrogen) atoms. The molecule has 1 amide bonds. The van der Waals surface area contributed by atoms with Crippen molar-refractivity contribution in [1.82, 2.24) is 15.1 Å². The van der Waals surface area contributed by atoms with Crippen molar-refractivity contribution in [2.75, 3.05) is 45.0 Å². The number of hydrogen-bond acceptors (Lipinski definition) is 7. The van der Waals surface area contributed by atoms with Gasteiger partial charge in [-0.1, -0.05) is 12.1 Å². The predicted molar refractivity (Wildman–Crippen MR) is 115 cm³/mol. The molecule has 2 aliphatic heterocycles. The smallest absolute Gasteiger partial charge is 0.257 e. The van der Waals surface area contributed by atoms with Gasteiger partial charge in [0, 0.05) is 31.7 Å². The minimum atomic E-state index is -0.0126. The molecule has 158 valence electrons. The summed E-state index contributed by atoms with van der Waals surface area (Å²) in [7, 11) is 1.58. The Bertz CT molecular complexity index is 1090. The molecule has 2 aliphatic rings. The van der Waals surface area contributed by atoms with Gasteiger partial charge >= 0.3 is 0 Å². The Morgan fingerprint density at radius 1 is 0.935 bits per heavy atom. The summed E-state index contributed by atoms with van der Waals surface area (Å²) in [6.45, 7) is 2.86. The lowest BCUT2D eigenvalue weighted by atomic mass is 10.1. The van der Waals surface area contributed by atoms with Gasteiger partial charge in [-0.05, 0) is 42.5 Å². The van der Waals surface area contributed by atoms with Crippen LogP contribution in [0.3, 0.4) is 0 Å². The van der Waals surface area contributed by atoms with E-state index in [9.17, 15) is 4.79 Å². The number of benzene rings is 2. The molecule has 1 aromatic heterocycles. The Kier molecular flexibility index (Phi) is 5.03. The molecule has 0 bridgehead atoms. The molecule has 5 rings (SSSR count). The third kappa shape index (κ3) is 3.72. The lowest BCUT2D eigenvalue weighted by Crippen LogP contribution is -2.49. The average molecular weight is 418 g/mol. The van der Waals surface area contributed by atoms with Crippen LogP contribution in [0.4, 0.5) is 5.82 Å². The van der Waals surface area contributed by atoms with E-state index < -0.39 is 0 Å². The van der Waals surface area contributed by atoms with Gasteiger partial charge in [-0.15, -0.1) is 10.2 Å². The highest BCUT2D eigenvalue weighted by Gasteiger charge is 2.25. The number of carbonyl (C=O) groups excluding carboxylic acids is 1. The number of para-hydroxylation sites is 1. The van der Waals surface area contributed by atoms with E-state index in [1.165, 1.54) is 0 Å². The molecule has 0 atom stereocenters. The van der Waals surface area contributed by atoms with Crippen molar-refractivity contribution in [3.8, 4) is 28.5 Å². The van der Waals surface area contributed by atoms with Gasteiger partial charge in [0.25, 0.3) is 5.91 Å². The third-order valence-corrected chi connectivity index (χ3v) is 5.55. The number of carbonyl (C=O) groups is 1. The van der Waals surface area contributed by atoms with Gasteiger partial charge in [0.05, 0.1) is 18.4 Å². The van der Waals surface area contributed by atoms with Crippen molar-refractivity contribution in [2.45, 2.75) is 0 Å². The van der Waals surface area contributed by atoms with Crippen LogP contribution in [0.2, 0.25) is 0 Å². The molecule has 2 aromatic carbocycles. The first-order valence-corrected chi connectivity index (χ1v) is 10.1. The van der Waals surface area contributed by atoms with Crippen molar-refractivity contribution < 1.29 is 19.0 Å². The SMILES string of the molecule is COc1ccccc1C(=O)N1CCN(c2ccc(-c3ccc4c(c3)OCO4)nn2)CC1. The second kappa shape index (κ2) is 8.14. The molecule has 3 aromatic rings. The molecule has 0 N–H and O–H groups in total. The number of nitrogens with zero attached hydrogens (tertiary/aromatic N) is 4. The number of ether oxygens (including phenoxy) is 3. The summed E-state index contributed by atoms with van der Waals surface area (Å²) in [5.74, 6) is 2.85. The molecule has 0 unspecified atom stereocenters. The number of rotatable bonds is 4. The first-order chi connectivity index (χ1) is 15.2. The maximum atomic E-state index is 12.9. The second-order valence-corrected chi connectivity index (χ2v) is 7.32. The van der Waals surface area contributed by atoms with Gasteiger partial charge in [0.2, 0.25) is 6.79 Å². The van der Waals surface area contributed by atoms with E-state index in [0.717, 1.165) is 28.6 Å². The Morgan fingerprint density at radius 2 is 1.74 bits per heavy atom. The zero-order chi connectivity index (χ0) is 21.2. The number of methoxy groups -OCH3 is 1. The van der Waals surface area contributed by atoms with Crippen LogP contribution in [0.1, 0.15) is 10.4 Å². The molecular weight excluding hydrogens is 396 g/mol. The number of fused-ring (bicyclic) bond motifs is 1. The van der Waals surface area contributed by atoms with E-state index >= 15 is 0 Å². The van der Waals surface area contributed by atoms with E-state index in [1.807, 2.05) is 47.4 Å². The van der Waals surface area contributed by atoms with Gasteiger partial charge in [0.1, 0.15) is 5.75 Å². The summed E-state index contributed by atoms with van der Waals surface area (Å²) in [4.78, 5) is 16.9. The fourth-order valence-electron chi connectivity index (χ4n) is 3.83. The number of piperazine rings is 1. The molecule has 1 saturated heterocycles. The maximum Gasteiger partial charge on any atom is 0.257 e. The molecule has 1 fully saturated rings. The topological polar surface area (TPSA) is 77.0 Å². The lowest BCUT2D eigenvalue weighted by molar-refractivity contribution is 0.0743. The van der Waals surface area contributed by atoms with Crippen molar-refractivity contribution in [2.24, 2.45) is 0 Å². The van der Waals surface area contributed by atoms with Crippen LogP contribution < -0.4 is 19.1 Å². The second-order valence-electron chi connectivity index (χ2n) is 7.32. The molecule has 3 heterocycles. The van der Waals surface area contributed by atoms with Crippen molar-refractivity contribution in [1.29, 1.82) is 0 Å². The van der Waals surface area contributed by atoms with E-state index in [4.69, 9.17) is 14.2 Å². The molecule has 0 spiro atoms. The average Bonchev–Trinajstić information content (AvgIpc) is 3.32. The van der Waals surface area contributed by atoms with Crippen molar-refractivity contribution in [3.63, 3.8) is 0 Å². The lowest BCUT2D eigenvalue weighted by Gasteiger charge is -2.35. The summed E-state index contributed by atoms with van der Waals surface area (Å²) in [6, 6.07) is 17.0. The van der Waals surface area contributed by atoms with Crippen LogP contribution in [0.5, 0.6) is 17.2 Å². The fraction of sp³-hybridized carbons (Fsp3) is 0.261. The number of aromatic nitrogens is 2. The van der Waals surface area contributed by atoms with Crippen molar-refractivity contribution in [3.05, 3.63) is 60.2 Å². The van der Waals surface area contributed by atoms with Gasteiger partial charge in [-0.2, -0.15) is 0 Å². The van der Waals surface area contributed by atoms with E-state index in [0.29, 0.717) is 37.5 Å². The Labute approximate surface area is 180 Å². The highest BCUT2D eigenvalue weighted by molar-refractivity contribution is 5.97. The standard InChI is InChI=1S/C23H22N4O4/c1-29-19-5-3-2-4-17(19)23(28)27-12-10-26(11-13-27)22-9-7-18(24-25-22)16-6-8-20-21(14-16)31-15-30-20/h2-9,14H,10-13,15H2,1H3. The third-order valence-electron chi connectivity index (χ3n) is 5.55. The summed E-state index contributed by atoms with van der Waals surface area (Å²) in [5, 5.41) is 8.80. The normalized spacial score (nSPS) is 15.1. The molecule has 0 saturated carbocycles. The molecule has 8 heteroatoms. The highest BCUT2D eigenvalue weighted by atomic mass is 16.7. The minimum Gasteiger partial charge on any atom is -0.496 e. The van der Waals surface area contributed by atoms with E-state index in [-0.39, 0.29) is 12.7 Å². The van der Waals surface area contributed by atoms with E-state index in [2.05, 4.69) is 15.1 Å². The van der Waals surface area contributed by atoms with Gasteiger partial charge in [-0.25, -0.2) is 0 Å². The summed E-state index contributed by atoms with van der Waals surface area (Å²) >= 11 is 0. The Balaban J connectivity index is 1.24. The zero-order valence-electron chi connectivity index (χ0n) is 17.2. The number of hydrogen-bond donors (Lipinski definition) is 0. The van der Waals surface area contributed by atoms with Crippen LogP contribution in [-0.2, 0) is 0 Å². The van der Waals surface area contributed by atoms with Crippen LogP contribution >= 0.6 is 0 Å². The number of anilines is 1. The van der Waals surface area contributed by atoms with Gasteiger partial charge < -0.3 is 24.0 Å². The van der Waals surface area contributed by atoms with Crippen LogP contribution in [0, 0.1) is 0 Å². The number of amides is 1. The highest BCUT2D eigenvalue weighted by Crippen LogP contribution is 2.35. The molecule has 0 aliphatic carbocycles. The molecule has 8 nitrogen and oxygen atoms in total. The van der Waals surface area contributed by atoms with Crippen LogP contribution in [0.25, 0.3) is 11.3 Å². The summed E-state index contributed by atoms with van der Waals surface area (Å²) in [6.07, 6.45) is 0. The van der Waals surface area contributed by atoms with Crippen LogP contribution in [0.15, 0.2) is 54.6 Å². The fourth-order valence-corrected chi connectivity index (χ4v) is 3.83. The summed E-state index contributed by atoms with van der Waals surface area (Å²) < 4.78 is 16.1. The molecule has 0 radical (unpaired) electrons. The molecular formula is C23H22N4O4. The van der Waals surface area contributed by atoms with Crippen molar-refractivity contribution >= 4 is 11.7 Å². The predicted octanol–water partition coefficient (Wildman–Crippen LogP) is 2.84. The maximum absolute atomic E-state index is 12.9. The first kappa shape index (κ1) is 19.2. The Morgan fingerprint density at radius 3 is 2.52 bits per heavy atom. The minimum absolute atomic E-state index is 0.0126. The largest absolute Gasteiger partial charge is 0.496 e. The first-order valence-electron chi connectivity index (χ1n) is 10.1. The van der Waals surface area contributed by atoms with E-state index in [1.54, 1.807) is 19.2 Å².